The van der Waals surface area contributed by atoms with Crippen LogP contribution >= 0.6 is 0 Å². The van der Waals surface area contributed by atoms with Crippen LogP contribution in [0.3, 0.4) is 0 Å². The zero-order chi connectivity index (χ0) is 18.8. The van der Waals surface area contributed by atoms with Crippen molar-refractivity contribution in [2.75, 3.05) is 19.7 Å². The summed E-state index contributed by atoms with van der Waals surface area (Å²) in [6.45, 7) is 7.61. The van der Waals surface area contributed by atoms with Gasteiger partial charge in [-0.2, -0.15) is 0 Å². The largest absolute Gasteiger partial charge is 0.508 e. The van der Waals surface area contributed by atoms with Gasteiger partial charge in [0.2, 0.25) is 0 Å². The van der Waals surface area contributed by atoms with Crippen LogP contribution in [0.15, 0.2) is 48.5 Å². The van der Waals surface area contributed by atoms with Gasteiger partial charge in [0.25, 0.3) is 0 Å². The SMILES string of the molecule is C[C@@H]1CCN([C@@H](C)COc2ccc(C3C=Cc4cc(O)ccc4O3)cc2)C1. The maximum absolute atomic E-state index is 9.57. The molecule has 4 nitrogen and oxygen atoms in total. The molecule has 0 spiro atoms. The molecule has 4 rings (SSSR count). The second kappa shape index (κ2) is 7.65. The Morgan fingerprint density at radius 3 is 2.78 bits per heavy atom. The van der Waals surface area contributed by atoms with Crippen LogP contribution in [0.5, 0.6) is 17.2 Å². The lowest BCUT2D eigenvalue weighted by molar-refractivity contribution is 0.169. The predicted octanol–water partition coefficient (Wildman–Crippen LogP) is 4.65. The average molecular weight is 365 g/mol. The van der Waals surface area contributed by atoms with Crippen molar-refractivity contribution in [2.24, 2.45) is 5.92 Å². The normalized spacial score (nSPS) is 22.9. The van der Waals surface area contributed by atoms with E-state index in [2.05, 4.69) is 30.9 Å². The molecular formula is C23H27NO3. The molecule has 27 heavy (non-hydrogen) atoms. The number of rotatable bonds is 5. The maximum Gasteiger partial charge on any atom is 0.142 e. The van der Waals surface area contributed by atoms with Gasteiger partial charge < -0.3 is 14.6 Å². The summed E-state index contributed by atoms with van der Waals surface area (Å²) < 4.78 is 12.0. The summed E-state index contributed by atoms with van der Waals surface area (Å²) in [6, 6.07) is 13.7. The monoisotopic (exact) mass is 365 g/mol. The van der Waals surface area contributed by atoms with Crippen molar-refractivity contribution in [1.82, 2.24) is 4.90 Å². The summed E-state index contributed by atoms with van der Waals surface area (Å²) in [5.74, 6) is 2.72. The third kappa shape index (κ3) is 4.11. The zero-order valence-electron chi connectivity index (χ0n) is 16.0. The summed E-state index contributed by atoms with van der Waals surface area (Å²) in [7, 11) is 0. The Bertz CT molecular complexity index is 815. The van der Waals surface area contributed by atoms with Gasteiger partial charge in [0, 0.05) is 18.2 Å². The molecule has 2 aromatic rings. The first-order valence-corrected chi connectivity index (χ1v) is 9.73. The van der Waals surface area contributed by atoms with Crippen LogP contribution in [0.1, 0.15) is 37.5 Å². The molecule has 2 aliphatic heterocycles. The van der Waals surface area contributed by atoms with E-state index in [0.29, 0.717) is 12.6 Å². The van der Waals surface area contributed by atoms with E-state index in [1.807, 2.05) is 24.3 Å². The second-order valence-electron chi connectivity index (χ2n) is 7.74. The Hall–Kier alpha value is -2.46. The van der Waals surface area contributed by atoms with Gasteiger partial charge in [-0.25, -0.2) is 0 Å². The molecule has 3 atom stereocenters. The van der Waals surface area contributed by atoms with E-state index in [1.54, 1.807) is 18.2 Å². The number of aromatic hydroxyl groups is 1. The van der Waals surface area contributed by atoms with Gasteiger partial charge in [-0.05, 0) is 67.8 Å². The molecule has 0 radical (unpaired) electrons. The van der Waals surface area contributed by atoms with E-state index in [0.717, 1.165) is 28.5 Å². The fourth-order valence-electron chi connectivity index (χ4n) is 3.77. The topological polar surface area (TPSA) is 41.9 Å². The van der Waals surface area contributed by atoms with E-state index >= 15 is 0 Å². The highest BCUT2D eigenvalue weighted by atomic mass is 16.5. The minimum absolute atomic E-state index is 0.124. The summed E-state index contributed by atoms with van der Waals surface area (Å²) in [5, 5.41) is 9.57. The highest BCUT2D eigenvalue weighted by molar-refractivity contribution is 5.62. The molecule has 0 aromatic heterocycles. The fraction of sp³-hybridized carbons (Fsp3) is 0.391. The molecule has 0 saturated carbocycles. The van der Waals surface area contributed by atoms with E-state index in [9.17, 15) is 5.11 Å². The summed E-state index contributed by atoms with van der Waals surface area (Å²) in [6.07, 6.45) is 5.17. The molecule has 1 fully saturated rings. The van der Waals surface area contributed by atoms with Crippen molar-refractivity contribution in [3.8, 4) is 17.2 Å². The van der Waals surface area contributed by atoms with Gasteiger partial charge in [-0.3, -0.25) is 4.90 Å². The summed E-state index contributed by atoms with van der Waals surface area (Å²) >= 11 is 0. The molecule has 2 aliphatic rings. The molecule has 1 N–H and O–H groups in total. The lowest BCUT2D eigenvalue weighted by atomic mass is 10.0. The van der Waals surface area contributed by atoms with E-state index in [4.69, 9.17) is 9.47 Å². The van der Waals surface area contributed by atoms with Crippen LogP contribution in [-0.2, 0) is 0 Å². The van der Waals surface area contributed by atoms with Crippen molar-refractivity contribution in [2.45, 2.75) is 32.4 Å². The van der Waals surface area contributed by atoms with Gasteiger partial charge in [0.15, 0.2) is 0 Å². The minimum Gasteiger partial charge on any atom is -0.508 e. The van der Waals surface area contributed by atoms with Crippen LogP contribution in [0, 0.1) is 5.92 Å². The van der Waals surface area contributed by atoms with Crippen LogP contribution < -0.4 is 9.47 Å². The fourth-order valence-corrected chi connectivity index (χ4v) is 3.77. The van der Waals surface area contributed by atoms with E-state index in [-0.39, 0.29) is 11.9 Å². The predicted molar refractivity (Wildman–Crippen MR) is 107 cm³/mol. The van der Waals surface area contributed by atoms with Crippen LogP contribution in [0.2, 0.25) is 0 Å². The maximum atomic E-state index is 9.57. The van der Waals surface area contributed by atoms with Crippen molar-refractivity contribution >= 4 is 6.08 Å². The quantitative estimate of drug-likeness (QED) is 0.838. The number of nitrogens with zero attached hydrogens (tertiary/aromatic N) is 1. The number of benzene rings is 2. The number of phenols is 1. The van der Waals surface area contributed by atoms with Crippen molar-refractivity contribution in [3.05, 3.63) is 59.7 Å². The Balaban J connectivity index is 1.35. The molecule has 4 heteroatoms. The standard InChI is InChI=1S/C23H27NO3/c1-16-11-12-24(14-16)17(2)15-26-21-7-3-18(4-8-21)22-9-5-19-13-20(25)6-10-23(19)27-22/h3-10,13,16-17,22,25H,11-12,14-15H2,1-2H3/t16-,17+,22?/m1/s1. The first kappa shape index (κ1) is 17.9. The highest BCUT2D eigenvalue weighted by Crippen LogP contribution is 2.34. The summed E-state index contributed by atoms with van der Waals surface area (Å²) in [5.41, 5.74) is 1.98. The second-order valence-corrected chi connectivity index (χ2v) is 7.74. The molecule has 0 amide bonds. The number of hydrogen-bond acceptors (Lipinski definition) is 4. The van der Waals surface area contributed by atoms with Crippen molar-refractivity contribution < 1.29 is 14.6 Å². The number of phenolic OH excluding ortho intramolecular Hbond substituents is 1. The number of hydrogen-bond donors (Lipinski definition) is 1. The molecular weight excluding hydrogens is 338 g/mol. The molecule has 2 aromatic carbocycles. The van der Waals surface area contributed by atoms with Crippen LogP contribution in [-0.4, -0.2) is 35.7 Å². The third-order valence-corrected chi connectivity index (χ3v) is 5.48. The number of fused-ring (bicyclic) bond motifs is 1. The molecule has 2 heterocycles. The van der Waals surface area contributed by atoms with Gasteiger partial charge in [-0.1, -0.05) is 25.1 Å². The first-order chi connectivity index (χ1) is 13.1. The van der Waals surface area contributed by atoms with Gasteiger partial charge in [0.05, 0.1) is 0 Å². The van der Waals surface area contributed by atoms with Crippen LogP contribution in [0.4, 0.5) is 0 Å². The Kier molecular flexibility index (Phi) is 5.08. The Morgan fingerprint density at radius 2 is 2.04 bits per heavy atom. The number of likely N-dealkylation sites (tertiary alicyclic amines) is 1. The Labute approximate surface area is 161 Å². The van der Waals surface area contributed by atoms with Crippen LogP contribution in [0.25, 0.3) is 6.08 Å². The van der Waals surface area contributed by atoms with Gasteiger partial charge >= 0.3 is 0 Å². The van der Waals surface area contributed by atoms with Gasteiger partial charge in [0.1, 0.15) is 30.0 Å². The summed E-state index contributed by atoms with van der Waals surface area (Å²) in [4.78, 5) is 2.51. The van der Waals surface area contributed by atoms with Crippen molar-refractivity contribution in [1.29, 1.82) is 0 Å². The van der Waals surface area contributed by atoms with Crippen molar-refractivity contribution in [3.63, 3.8) is 0 Å². The smallest absolute Gasteiger partial charge is 0.142 e. The molecule has 0 aliphatic carbocycles. The Morgan fingerprint density at radius 1 is 1.22 bits per heavy atom. The minimum atomic E-state index is -0.124. The van der Waals surface area contributed by atoms with E-state index < -0.39 is 0 Å². The molecule has 1 saturated heterocycles. The first-order valence-electron chi connectivity index (χ1n) is 9.73. The molecule has 0 bridgehead atoms. The molecule has 1 unspecified atom stereocenters. The lowest BCUT2D eigenvalue weighted by Crippen LogP contribution is -2.35. The molecule has 142 valence electrons. The third-order valence-electron chi connectivity index (χ3n) is 5.48. The highest BCUT2D eigenvalue weighted by Gasteiger charge is 2.23. The van der Waals surface area contributed by atoms with Gasteiger partial charge in [-0.15, -0.1) is 0 Å². The number of ether oxygens (including phenoxy) is 2. The lowest BCUT2D eigenvalue weighted by Gasteiger charge is -2.24. The zero-order valence-corrected chi connectivity index (χ0v) is 16.0. The average Bonchev–Trinajstić information content (AvgIpc) is 3.12. The van der Waals surface area contributed by atoms with E-state index in [1.165, 1.54) is 19.5 Å².